The maximum atomic E-state index is 12.9. The number of H-pyrrole nitrogens is 1. The first-order valence-electron chi connectivity index (χ1n) is 10.1. The molecule has 0 aliphatic carbocycles. The number of hydrogen-bond donors (Lipinski definition) is 1. The molecule has 30 heavy (non-hydrogen) atoms. The number of aromatic nitrogens is 3. The summed E-state index contributed by atoms with van der Waals surface area (Å²) in [7, 11) is 1.66. The second-order valence-corrected chi connectivity index (χ2v) is 7.90. The molecule has 0 saturated heterocycles. The summed E-state index contributed by atoms with van der Waals surface area (Å²) in [6.45, 7) is 8.42. The summed E-state index contributed by atoms with van der Waals surface area (Å²) in [5.41, 5.74) is 4.58. The van der Waals surface area contributed by atoms with E-state index in [4.69, 9.17) is 14.5 Å². The molecule has 0 spiro atoms. The third-order valence-corrected chi connectivity index (χ3v) is 5.26. The normalized spacial score (nSPS) is 14.3. The Labute approximate surface area is 182 Å². The average Bonchev–Trinajstić information content (AvgIpc) is 2.94. The van der Waals surface area contributed by atoms with Gasteiger partial charge in [0.2, 0.25) is 0 Å². The standard InChI is InChI=1S/C22H28N4O3.ClH/c1-14(2)29-19-6-5-16(12-20(19)28-4)13-25-9-7-17-18(8-10-25)23-21-11-15(3)24-26(21)22(17)27;/h5-6,11-12,14,24H,7-10,13H2,1-4H3;1H. The molecule has 1 aliphatic rings. The predicted octanol–water partition coefficient (Wildman–Crippen LogP) is 3.15. The zero-order valence-electron chi connectivity index (χ0n) is 17.9. The predicted molar refractivity (Wildman–Crippen MR) is 119 cm³/mol. The van der Waals surface area contributed by atoms with Gasteiger partial charge in [-0.15, -0.1) is 12.4 Å². The Morgan fingerprint density at radius 3 is 2.67 bits per heavy atom. The van der Waals surface area contributed by atoms with Crippen molar-refractivity contribution >= 4 is 18.1 Å². The van der Waals surface area contributed by atoms with Crippen LogP contribution in [0.5, 0.6) is 11.5 Å². The molecule has 1 aliphatic heterocycles. The number of fused-ring (bicyclic) bond motifs is 2. The van der Waals surface area contributed by atoms with E-state index in [2.05, 4.69) is 16.1 Å². The fourth-order valence-electron chi connectivity index (χ4n) is 3.91. The highest BCUT2D eigenvalue weighted by atomic mass is 35.5. The van der Waals surface area contributed by atoms with Gasteiger partial charge in [0.25, 0.3) is 5.56 Å². The summed E-state index contributed by atoms with van der Waals surface area (Å²) in [5.74, 6) is 1.51. The molecule has 3 heterocycles. The van der Waals surface area contributed by atoms with Crippen molar-refractivity contribution in [1.82, 2.24) is 19.5 Å². The number of aromatic amines is 1. The van der Waals surface area contributed by atoms with Crippen molar-refractivity contribution in [3.63, 3.8) is 0 Å². The number of benzene rings is 1. The monoisotopic (exact) mass is 432 g/mol. The van der Waals surface area contributed by atoms with Crippen LogP contribution in [0.25, 0.3) is 5.65 Å². The molecule has 1 aromatic carbocycles. The van der Waals surface area contributed by atoms with Gasteiger partial charge < -0.3 is 9.47 Å². The highest BCUT2D eigenvalue weighted by Crippen LogP contribution is 2.29. The Kier molecular flexibility index (Phi) is 6.73. The summed E-state index contributed by atoms with van der Waals surface area (Å²) in [6.07, 6.45) is 1.57. The van der Waals surface area contributed by atoms with Gasteiger partial charge in [-0.2, -0.15) is 0 Å². The van der Waals surface area contributed by atoms with E-state index in [0.29, 0.717) is 12.1 Å². The van der Waals surface area contributed by atoms with E-state index < -0.39 is 0 Å². The minimum atomic E-state index is 0. The molecule has 162 valence electrons. The highest BCUT2D eigenvalue weighted by molar-refractivity contribution is 5.85. The van der Waals surface area contributed by atoms with Crippen LogP contribution in [-0.2, 0) is 19.4 Å². The quantitative estimate of drug-likeness (QED) is 0.670. The van der Waals surface area contributed by atoms with Crippen molar-refractivity contribution in [2.75, 3.05) is 20.2 Å². The molecule has 3 aromatic rings. The van der Waals surface area contributed by atoms with Crippen LogP contribution in [0, 0.1) is 6.92 Å². The van der Waals surface area contributed by atoms with Crippen molar-refractivity contribution in [3.05, 3.63) is 57.1 Å². The number of aryl methyl sites for hydroxylation is 1. The largest absolute Gasteiger partial charge is 0.493 e. The van der Waals surface area contributed by atoms with Crippen LogP contribution in [-0.4, -0.2) is 45.8 Å². The van der Waals surface area contributed by atoms with Gasteiger partial charge in [-0.05, 0) is 44.9 Å². The summed E-state index contributed by atoms with van der Waals surface area (Å²) >= 11 is 0. The van der Waals surface area contributed by atoms with E-state index in [1.54, 1.807) is 11.6 Å². The zero-order chi connectivity index (χ0) is 20.5. The maximum Gasteiger partial charge on any atom is 0.276 e. The number of nitrogens with zero attached hydrogens (tertiary/aromatic N) is 3. The van der Waals surface area contributed by atoms with Crippen LogP contribution >= 0.6 is 12.4 Å². The van der Waals surface area contributed by atoms with Gasteiger partial charge in [0.1, 0.15) is 0 Å². The molecule has 0 atom stereocenters. The Balaban J connectivity index is 0.00000256. The average molecular weight is 433 g/mol. The van der Waals surface area contributed by atoms with Crippen LogP contribution in [0.2, 0.25) is 0 Å². The Morgan fingerprint density at radius 2 is 1.93 bits per heavy atom. The molecule has 8 heteroatoms. The van der Waals surface area contributed by atoms with E-state index in [1.165, 1.54) is 0 Å². The van der Waals surface area contributed by atoms with E-state index in [0.717, 1.165) is 60.1 Å². The summed E-state index contributed by atoms with van der Waals surface area (Å²) in [5, 5.41) is 3.08. The van der Waals surface area contributed by atoms with Gasteiger partial charge in [0.05, 0.1) is 18.9 Å². The Bertz CT molecular complexity index is 1090. The minimum Gasteiger partial charge on any atom is -0.493 e. The van der Waals surface area contributed by atoms with E-state index in [9.17, 15) is 4.79 Å². The molecule has 0 amide bonds. The van der Waals surface area contributed by atoms with Gasteiger partial charge in [0.15, 0.2) is 17.1 Å². The number of methoxy groups -OCH3 is 1. The SMILES string of the molecule is COc1cc(CN2CCc3nc4cc(C)[nH]n4c(=O)c3CC2)ccc1OC(C)C.Cl. The molecule has 0 radical (unpaired) electrons. The Hall–Kier alpha value is -2.51. The van der Waals surface area contributed by atoms with E-state index in [1.807, 2.05) is 39.0 Å². The molecule has 4 rings (SSSR count). The summed E-state index contributed by atoms with van der Waals surface area (Å²) < 4.78 is 12.9. The minimum absolute atomic E-state index is 0. The van der Waals surface area contributed by atoms with Crippen molar-refractivity contribution in [3.8, 4) is 11.5 Å². The third kappa shape index (κ3) is 4.47. The fraction of sp³-hybridized carbons (Fsp3) is 0.455. The molecular formula is C22H29ClN4O3. The van der Waals surface area contributed by atoms with Crippen LogP contribution in [0.4, 0.5) is 0 Å². The molecule has 0 unspecified atom stereocenters. The van der Waals surface area contributed by atoms with Crippen molar-refractivity contribution in [2.24, 2.45) is 0 Å². The van der Waals surface area contributed by atoms with Crippen molar-refractivity contribution in [2.45, 2.75) is 46.3 Å². The second kappa shape index (κ2) is 9.10. The molecular weight excluding hydrogens is 404 g/mol. The van der Waals surface area contributed by atoms with E-state index >= 15 is 0 Å². The van der Waals surface area contributed by atoms with Gasteiger partial charge in [-0.1, -0.05) is 6.07 Å². The highest BCUT2D eigenvalue weighted by Gasteiger charge is 2.20. The number of hydrogen-bond acceptors (Lipinski definition) is 5. The summed E-state index contributed by atoms with van der Waals surface area (Å²) in [4.78, 5) is 20.0. The number of ether oxygens (including phenoxy) is 2. The lowest BCUT2D eigenvalue weighted by atomic mass is 10.1. The zero-order valence-corrected chi connectivity index (χ0v) is 18.7. The molecule has 0 fully saturated rings. The maximum absolute atomic E-state index is 12.9. The first-order chi connectivity index (χ1) is 13.9. The molecule has 2 aromatic heterocycles. The Morgan fingerprint density at radius 1 is 1.17 bits per heavy atom. The molecule has 7 nitrogen and oxygen atoms in total. The van der Waals surface area contributed by atoms with Crippen LogP contribution in [0.1, 0.15) is 36.4 Å². The van der Waals surface area contributed by atoms with Crippen LogP contribution in [0.3, 0.4) is 0 Å². The lowest BCUT2D eigenvalue weighted by Crippen LogP contribution is -2.26. The lowest BCUT2D eigenvalue weighted by molar-refractivity contribution is 0.229. The van der Waals surface area contributed by atoms with Gasteiger partial charge in [-0.25, -0.2) is 9.50 Å². The second-order valence-electron chi connectivity index (χ2n) is 7.90. The van der Waals surface area contributed by atoms with Gasteiger partial charge in [-0.3, -0.25) is 14.8 Å². The first kappa shape index (κ1) is 22.2. The topological polar surface area (TPSA) is 71.9 Å². The smallest absolute Gasteiger partial charge is 0.276 e. The van der Waals surface area contributed by atoms with Crippen molar-refractivity contribution in [1.29, 1.82) is 0 Å². The van der Waals surface area contributed by atoms with Crippen molar-refractivity contribution < 1.29 is 9.47 Å². The molecule has 0 saturated carbocycles. The first-order valence-corrected chi connectivity index (χ1v) is 10.1. The number of nitrogens with one attached hydrogen (secondary N) is 1. The summed E-state index contributed by atoms with van der Waals surface area (Å²) in [6, 6.07) is 8.00. The lowest BCUT2D eigenvalue weighted by Gasteiger charge is -2.21. The number of halogens is 1. The molecule has 1 N–H and O–H groups in total. The fourth-order valence-corrected chi connectivity index (χ4v) is 3.91. The van der Waals surface area contributed by atoms with Gasteiger partial charge in [0, 0.05) is 43.4 Å². The van der Waals surface area contributed by atoms with Crippen LogP contribution < -0.4 is 15.0 Å². The van der Waals surface area contributed by atoms with Crippen LogP contribution in [0.15, 0.2) is 29.1 Å². The number of rotatable bonds is 5. The molecule has 0 bridgehead atoms. The van der Waals surface area contributed by atoms with Gasteiger partial charge >= 0.3 is 0 Å². The third-order valence-electron chi connectivity index (χ3n) is 5.26. The van der Waals surface area contributed by atoms with E-state index in [-0.39, 0.29) is 24.1 Å².